The van der Waals surface area contributed by atoms with E-state index in [9.17, 15) is 0 Å². The van der Waals surface area contributed by atoms with Gasteiger partial charge in [-0.05, 0) is 28.1 Å². The van der Waals surface area contributed by atoms with Crippen LogP contribution in [0.4, 0.5) is 0 Å². The molecule has 0 saturated carbocycles. The molecule has 18 heavy (non-hydrogen) atoms. The first-order valence-electron chi connectivity index (χ1n) is 5.76. The third kappa shape index (κ3) is 3.60. The van der Waals surface area contributed by atoms with E-state index in [1.54, 1.807) is 11.8 Å². The summed E-state index contributed by atoms with van der Waals surface area (Å²) in [6, 6.07) is 8.32. The fourth-order valence-corrected chi connectivity index (χ4v) is 3.17. The van der Waals surface area contributed by atoms with Crippen LogP contribution in [0, 0.1) is 0 Å². The van der Waals surface area contributed by atoms with E-state index in [0.29, 0.717) is 0 Å². The standard InChI is InChI=1S/C13H16BrN3S/c1-17-7-6-16-13(17)8-10(15)9-18-12-5-3-2-4-11(12)14/h2-7,10H,8-9,15H2,1H3. The minimum atomic E-state index is 0.114. The zero-order valence-electron chi connectivity index (χ0n) is 10.2. The molecule has 1 atom stereocenters. The number of hydrogen-bond donors (Lipinski definition) is 1. The lowest BCUT2D eigenvalue weighted by atomic mass is 10.2. The normalized spacial score (nSPS) is 12.6. The maximum atomic E-state index is 6.14. The molecule has 0 aliphatic carbocycles. The average molecular weight is 326 g/mol. The van der Waals surface area contributed by atoms with E-state index in [1.165, 1.54) is 4.90 Å². The quantitative estimate of drug-likeness (QED) is 0.860. The average Bonchev–Trinajstić information content (AvgIpc) is 2.74. The SMILES string of the molecule is Cn1ccnc1CC(N)CSc1ccccc1Br. The van der Waals surface area contributed by atoms with Gasteiger partial charge in [0.1, 0.15) is 5.82 Å². The predicted molar refractivity (Wildman–Crippen MR) is 79.8 cm³/mol. The molecule has 0 saturated heterocycles. The highest BCUT2D eigenvalue weighted by atomic mass is 79.9. The number of thioether (sulfide) groups is 1. The van der Waals surface area contributed by atoms with Gasteiger partial charge in [0.25, 0.3) is 0 Å². The number of halogens is 1. The Labute approximate surface area is 120 Å². The first-order valence-corrected chi connectivity index (χ1v) is 7.54. The van der Waals surface area contributed by atoms with E-state index >= 15 is 0 Å². The van der Waals surface area contributed by atoms with Crippen LogP contribution in [0.15, 0.2) is 46.0 Å². The monoisotopic (exact) mass is 325 g/mol. The number of nitrogens with two attached hydrogens (primary N) is 1. The summed E-state index contributed by atoms with van der Waals surface area (Å²) in [5.74, 6) is 1.92. The Morgan fingerprint density at radius 3 is 2.89 bits per heavy atom. The van der Waals surface area contributed by atoms with Gasteiger partial charge in [-0.15, -0.1) is 11.8 Å². The lowest BCUT2D eigenvalue weighted by Gasteiger charge is -2.11. The number of imidazole rings is 1. The topological polar surface area (TPSA) is 43.8 Å². The molecule has 1 aromatic heterocycles. The van der Waals surface area contributed by atoms with Crippen LogP contribution in [0.25, 0.3) is 0 Å². The summed E-state index contributed by atoms with van der Waals surface area (Å²) in [4.78, 5) is 5.52. The molecule has 1 aromatic carbocycles. The molecule has 2 aromatic rings. The maximum absolute atomic E-state index is 6.14. The first kappa shape index (κ1) is 13.6. The fourth-order valence-electron chi connectivity index (χ4n) is 1.65. The number of aromatic nitrogens is 2. The van der Waals surface area contributed by atoms with Gasteiger partial charge in [0.05, 0.1) is 0 Å². The van der Waals surface area contributed by atoms with Crippen molar-refractivity contribution in [3.8, 4) is 0 Å². The van der Waals surface area contributed by atoms with Crippen LogP contribution in [0.5, 0.6) is 0 Å². The molecule has 96 valence electrons. The summed E-state index contributed by atoms with van der Waals surface area (Å²) in [7, 11) is 2.00. The lowest BCUT2D eigenvalue weighted by molar-refractivity contribution is 0.679. The van der Waals surface area contributed by atoms with Crippen LogP contribution in [0.3, 0.4) is 0 Å². The molecule has 0 amide bonds. The molecule has 1 unspecified atom stereocenters. The van der Waals surface area contributed by atoms with Crippen molar-refractivity contribution < 1.29 is 0 Å². The number of hydrogen-bond acceptors (Lipinski definition) is 3. The third-order valence-electron chi connectivity index (χ3n) is 2.66. The van der Waals surface area contributed by atoms with Crippen LogP contribution < -0.4 is 5.73 Å². The number of aryl methyl sites for hydroxylation is 1. The molecule has 5 heteroatoms. The molecular formula is C13H16BrN3S. The molecule has 0 spiro atoms. The van der Waals surface area contributed by atoms with Gasteiger partial charge in [-0.25, -0.2) is 4.98 Å². The van der Waals surface area contributed by atoms with Gasteiger partial charge in [-0.2, -0.15) is 0 Å². The number of rotatable bonds is 5. The molecule has 0 aliphatic rings. The van der Waals surface area contributed by atoms with Crippen LogP contribution in [-0.2, 0) is 13.5 Å². The minimum absolute atomic E-state index is 0.114. The van der Waals surface area contributed by atoms with Crippen molar-refractivity contribution in [2.24, 2.45) is 12.8 Å². The van der Waals surface area contributed by atoms with Crippen molar-refractivity contribution in [1.82, 2.24) is 9.55 Å². The second kappa shape index (κ2) is 6.41. The van der Waals surface area contributed by atoms with Gasteiger partial charge in [-0.1, -0.05) is 12.1 Å². The van der Waals surface area contributed by atoms with Gasteiger partial charge in [0.2, 0.25) is 0 Å². The number of benzene rings is 1. The molecule has 0 aliphatic heterocycles. The zero-order valence-corrected chi connectivity index (χ0v) is 12.6. The van der Waals surface area contributed by atoms with Gasteiger partial charge in [0.15, 0.2) is 0 Å². The van der Waals surface area contributed by atoms with Gasteiger partial charge < -0.3 is 10.3 Å². The van der Waals surface area contributed by atoms with E-state index in [4.69, 9.17) is 5.73 Å². The molecule has 2 rings (SSSR count). The highest BCUT2D eigenvalue weighted by Crippen LogP contribution is 2.27. The first-order chi connectivity index (χ1) is 8.66. The summed E-state index contributed by atoms with van der Waals surface area (Å²) in [5, 5.41) is 0. The largest absolute Gasteiger partial charge is 0.338 e. The minimum Gasteiger partial charge on any atom is -0.338 e. The summed E-state index contributed by atoms with van der Waals surface area (Å²) < 4.78 is 3.14. The Kier molecular flexibility index (Phi) is 4.86. The van der Waals surface area contributed by atoms with Crippen LogP contribution in [-0.4, -0.2) is 21.3 Å². The Hall–Kier alpha value is -0.780. The van der Waals surface area contributed by atoms with Crippen molar-refractivity contribution in [1.29, 1.82) is 0 Å². The third-order valence-corrected chi connectivity index (χ3v) is 4.87. The van der Waals surface area contributed by atoms with Gasteiger partial charge in [-0.3, -0.25) is 0 Å². The maximum Gasteiger partial charge on any atom is 0.109 e. The Balaban J connectivity index is 1.87. The van der Waals surface area contributed by atoms with Crippen LogP contribution in [0.1, 0.15) is 5.82 Å². The number of nitrogens with zero attached hydrogens (tertiary/aromatic N) is 2. The van der Waals surface area contributed by atoms with Crippen LogP contribution in [0.2, 0.25) is 0 Å². The molecular weight excluding hydrogens is 310 g/mol. The lowest BCUT2D eigenvalue weighted by Crippen LogP contribution is -2.27. The highest BCUT2D eigenvalue weighted by molar-refractivity contribution is 9.10. The van der Waals surface area contributed by atoms with Crippen molar-refractivity contribution in [2.75, 3.05) is 5.75 Å². The van der Waals surface area contributed by atoms with E-state index in [2.05, 4.69) is 27.0 Å². The van der Waals surface area contributed by atoms with Crippen LogP contribution >= 0.6 is 27.7 Å². The smallest absolute Gasteiger partial charge is 0.109 e. The Morgan fingerprint density at radius 1 is 1.44 bits per heavy atom. The summed E-state index contributed by atoms with van der Waals surface area (Å²) in [6.07, 6.45) is 4.56. The molecule has 1 heterocycles. The zero-order chi connectivity index (χ0) is 13.0. The van der Waals surface area contributed by atoms with E-state index in [0.717, 1.165) is 22.5 Å². The van der Waals surface area contributed by atoms with E-state index in [1.807, 2.05) is 42.2 Å². The van der Waals surface area contributed by atoms with Crippen molar-refractivity contribution in [3.05, 3.63) is 47.0 Å². The van der Waals surface area contributed by atoms with Crippen molar-refractivity contribution >= 4 is 27.7 Å². The van der Waals surface area contributed by atoms with Crippen molar-refractivity contribution in [3.63, 3.8) is 0 Å². The summed E-state index contributed by atoms with van der Waals surface area (Å²) >= 11 is 5.31. The second-order valence-electron chi connectivity index (χ2n) is 4.16. The summed E-state index contributed by atoms with van der Waals surface area (Å²) in [6.45, 7) is 0. The molecule has 3 nitrogen and oxygen atoms in total. The van der Waals surface area contributed by atoms with Gasteiger partial charge >= 0.3 is 0 Å². The fraction of sp³-hybridized carbons (Fsp3) is 0.308. The van der Waals surface area contributed by atoms with Crippen molar-refractivity contribution in [2.45, 2.75) is 17.4 Å². The Morgan fingerprint density at radius 2 is 2.22 bits per heavy atom. The Bertz CT molecular complexity index is 512. The molecule has 0 bridgehead atoms. The van der Waals surface area contributed by atoms with E-state index in [-0.39, 0.29) is 6.04 Å². The molecule has 0 fully saturated rings. The summed E-state index contributed by atoms with van der Waals surface area (Å²) in [5.41, 5.74) is 6.14. The highest BCUT2D eigenvalue weighted by Gasteiger charge is 2.09. The molecule has 0 radical (unpaired) electrons. The predicted octanol–water partition coefficient (Wildman–Crippen LogP) is 2.84. The second-order valence-corrected chi connectivity index (χ2v) is 6.08. The van der Waals surface area contributed by atoms with Gasteiger partial charge in [0, 0.05) is 47.0 Å². The van der Waals surface area contributed by atoms with E-state index < -0.39 is 0 Å². The molecule has 2 N–H and O–H groups in total.